The Kier molecular flexibility index (Phi) is 3.81. The van der Waals surface area contributed by atoms with Crippen molar-refractivity contribution in [1.29, 1.82) is 0 Å². The monoisotopic (exact) mass is 296 g/mol. The molecule has 2 nitrogen and oxygen atoms in total. The molecule has 0 saturated heterocycles. The second-order valence-electron chi connectivity index (χ2n) is 2.05. The summed E-state index contributed by atoms with van der Waals surface area (Å²) in [5, 5.41) is -0.448. The van der Waals surface area contributed by atoms with Crippen LogP contribution in [0, 0.1) is 0 Å². The SMILES string of the molecule is O=C(Cl)c1ccc(OCI)cc1. The smallest absolute Gasteiger partial charge is 0.252 e. The lowest BCUT2D eigenvalue weighted by atomic mass is 10.2. The van der Waals surface area contributed by atoms with E-state index in [1.54, 1.807) is 24.3 Å². The predicted molar refractivity (Wildman–Crippen MR) is 56.1 cm³/mol. The van der Waals surface area contributed by atoms with Crippen LogP contribution in [0.1, 0.15) is 10.4 Å². The molecule has 0 fully saturated rings. The van der Waals surface area contributed by atoms with Gasteiger partial charge in [-0.2, -0.15) is 0 Å². The van der Waals surface area contributed by atoms with E-state index in [4.69, 9.17) is 16.3 Å². The van der Waals surface area contributed by atoms with Crippen LogP contribution in [0.25, 0.3) is 0 Å². The lowest BCUT2D eigenvalue weighted by Crippen LogP contribution is -1.91. The Balaban J connectivity index is 2.78. The second kappa shape index (κ2) is 4.67. The summed E-state index contributed by atoms with van der Waals surface area (Å²) >= 11 is 7.35. The van der Waals surface area contributed by atoms with E-state index in [0.29, 0.717) is 10.2 Å². The molecule has 0 radical (unpaired) electrons. The maximum atomic E-state index is 10.6. The summed E-state index contributed by atoms with van der Waals surface area (Å²) in [4.78, 5) is 10.6. The molecule has 0 unspecified atom stereocenters. The van der Waals surface area contributed by atoms with Crippen LogP contribution in [-0.4, -0.2) is 9.86 Å². The highest BCUT2D eigenvalue weighted by atomic mass is 127. The Hall–Kier alpha value is -0.290. The fourth-order valence-corrected chi connectivity index (χ4v) is 1.23. The molecule has 0 saturated carbocycles. The zero-order valence-corrected chi connectivity index (χ0v) is 9.00. The number of carbonyl (C=O) groups excluding carboxylic acids is 1. The lowest BCUT2D eigenvalue weighted by molar-refractivity contribution is 0.108. The van der Waals surface area contributed by atoms with Gasteiger partial charge >= 0.3 is 0 Å². The minimum Gasteiger partial charge on any atom is -0.483 e. The van der Waals surface area contributed by atoms with E-state index in [2.05, 4.69) is 22.6 Å². The van der Waals surface area contributed by atoms with Crippen molar-refractivity contribution in [2.24, 2.45) is 0 Å². The Labute approximate surface area is 89.0 Å². The average Bonchev–Trinajstić information content (AvgIpc) is 2.06. The number of hydrogen-bond acceptors (Lipinski definition) is 2. The molecule has 1 aromatic rings. The largest absolute Gasteiger partial charge is 0.483 e. The molecule has 0 aliphatic rings. The fourth-order valence-electron chi connectivity index (χ4n) is 0.745. The molecule has 0 aromatic heterocycles. The summed E-state index contributed by atoms with van der Waals surface area (Å²) in [6.07, 6.45) is 0. The summed E-state index contributed by atoms with van der Waals surface area (Å²) in [7, 11) is 0. The standard InChI is InChI=1S/C8H6ClIO2/c9-8(11)6-1-3-7(4-2-6)12-5-10/h1-4H,5H2. The fraction of sp³-hybridized carbons (Fsp3) is 0.125. The molecule has 0 amide bonds. The molecule has 64 valence electrons. The van der Waals surface area contributed by atoms with Gasteiger partial charge in [-0.1, -0.05) is 0 Å². The van der Waals surface area contributed by atoms with Gasteiger partial charge in [0.25, 0.3) is 5.24 Å². The number of rotatable bonds is 3. The van der Waals surface area contributed by atoms with Gasteiger partial charge < -0.3 is 4.74 Å². The van der Waals surface area contributed by atoms with Gasteiger partial charge in [-0.3, -0.25) is 4.79 Å². The van der Waals surface area contributed by atoms with Crippen LogP contribution in [-0.2, 0) is 0 Å². The Morgan fingerprint density at radius 3 is 2.42 bits per heavy atom. The van der Waals surface area contributed by atoms with Crippen LogP contribution in [0.5, 0.6) is 5.75 Å². The average molecular weight is 296 g/mol. The zero-order valence-electron chi connectivity index (χ0n) is 6.09. The number of hydrogen-bond donors (Lipinski definition) is 0. The zero-order chi connectivity index (χ0) is 8.97. The van der Waals surface area contributed by atoms with E-state index in [-0.39, 0.29) is 0 Å². The minimum absolute atomic E-state index is 0.448. The molecule has 0 heterocycles. The van der Waals surface area contributed by atoms with Crippen molar-refractivity contribution in [3.05, 3.63) is 29.8 Å². The van der Waals surface area contributed by atoms with Crippen molar-refractivity contribution in [2.45, 2.75) is 0 Å². The maximum Gasteiger partial charge on any atom is 0.252 e. The van der Waals surface area contributed by atoms with Gasteiger partial charge in [0.2, 0.25) is 0 Å². The highest BCUT2D eigenvalue weighted by molar-refractivity contribution is 14.1. The number of benzene rings is 1. The topological polar surface area (TPSA) is 26.3 Å². The maximum absolute atomic E-state index is 10.6. The van der Waals surface area contributed by atoms with Crippen LogP contribution in [0.3, 0.4) is 0 Å². The van der Waals surface area contributed by atoms with E-state index in [1.165, 1.54) is 0 Å². The number of ether oxygens (including phenoxy) is 1. The first-order valence-electron chi connectivity index (χ1n) is 3.22. The van der Waals surface area contributed by atoms with E-state index in [1.807, 2.05) is 0 Å². The minimum atomic E-state index is -0.448. The first kappa shape index (κ1) is 9.80. The van der Waals surface area contributed by atoms with Gasteiger partial charge in [0.15, 0.2) is 0 Å². The molecule has 0 aliphatic heterocycles. The van der Waals surface area contributed by atoms with Crippen molar-refractivity contribution in [2.75, 3.05) is 4.61 Å². The van der Waals surface area contributed by atoms with Crippen LogP contribution in [0.15, 0.2) is 24.3 Å². The molecule has 1 aromatic carbocycles. The Morgan fingerprint density at radius 2 is 2.00 bits per heavy atom. The third kappa shape index (κ3) is 2.64. The van der Waals surface area contributed by atoms with Crippen LogP contribution in [0.2, 0.25) is 0 Å². The van der Waals surface area contributed by atoms with Gasteiger partial charge in [-0.25, -0.2) is 0 Å². The third-order valence-corrected chi connectivity index (χ3v) is 1.83. The van der Waals surface area contributed by atoms with Gasteiger partial charge in [0.05, 0.1) is 0 Å². The van der Waals surface area contributed by atoms with Gasteiger partial charge in [0.1, 0.15) is 10.4 Å². The number of carbonyl (C=O) groups is 1. The summed E-state index contributed by atoms with van der Waals surface area (Å²) in [5.74, 6) is 0.742. The molecule has 0 spiro atoms. The van der Waals surface area contributed by atoms with Crippen molar-refractivity contribution in [3.8, 4) is 5.75 Å². The van der Waals surface area contributed by atoms with E-state index < -0.39 is 5.24 Å². The second-order valence-corrected chi connectivity index (χ2v) is 3.02. The number of halogens is 2. The summed E-state index contributed by atoms with van der Waals surface area (Å²) in [6.45, 7) is 0. The summed E-state index contributed by atoms with van der Waals surface area (Å²) < 4.78 is 5.76. The highest BCUT2D eigenvalue weighted by Gasteiger charge is 2.00. The molecule has 1 rings (SSSR count). The first-order chi connectivity index (χ1) is 5.74. The van der Waals surface area contributed by atoms with E-state index in [0.717, 1.165) is 5.75 Å². The van der Waals surface area contributed by atoms with E-state index in [9.17, 15) is 4.79 Å². The van der Waals surface area contributed by atoms with Crippen molar-refractivity contribution < 1.29 is 9.53 Å². The lowest BCUT2D eigenvalue weighted by Gasteiger charge is -2.00. The molecular weight excluding hydrogens is 290 g/mol. The highest BCUT2D eigenvalue weighted by Crippen LogP contribution is 2.13. The van der Waals surface area contributed by atoms with Crippen molar-refractivity contribution in [3.63, 3.8) is 0 Å². The first-order valence-corrected chi connectivity index (χ1v) is 5.13. The van der Waals surface area contributed by atoms with Crippen molar-refractivity contribution in [1.82, 2.24) is 0 Å². The molecule has 4 heteroatoms. The normalized spacial score (nSPS) is 9.50. The van der Waals surface area contributed by atoms with Crippen LogP contribution < -0.4 is 4.74 Å². The summed E-state index contributed by atoms with van der Waals surface area (Å²) in [6, 6.07) is 6.70. The third-order valence-electron chi connectivity index (χ3n) is 1.30. The molecule has 0 N–H and O–H groups in total. The number of alkyl halides is 1. The molecule has 0 atom stereocenters. The Bertz CT molecular complexity index is 271. The van der Waals surface area contributed by atoms with Gasteiger partial charge in [-0.15, -0.1) is 0 Å². The molecule has 0 bridgehead atoms. The van der Waals surface area contributed by atoms with Crippen LogP contribution in [0.4, 0.5) is 0 Å². The quantitative estimate of drug-likeness (QED) is 0.487. The molecular formula is C8H6ClIO2. The van der Waals surface area contributed by atoms with E-state index >= 15 is 0 Å². The van der Waals surface area contributed by atoms with Gasteiger partial charge in [0, 0.05) is 5.56 Å². The molecule has 0 aliphatic carbocycles. The van der Waals surface area contributed by atoms with Crippen molar-refractivity contribution >= 4 is 39.4 Å². The summed E-state index contributed by atoms with van der Waals surface area (Å²) in [5.41, 5.74) is 0.484. The predicted octanol–water partition coefficient (Wildman–Crippen LogP) is 2.84. The van der Waals surface area contributed by atoms with Crippen LogP contribution >= 0.6 is 34.2 Å². The van der Waals surface area contributed by atoms with Gasteiger partial charge in [-0.05, 0) is 58.5 Å². The molecule has 12 heavy (non-hydrogen) atoms. The Morgan fingerprint density at radius 1 is 1.42 bits per heavy atom.